The van der Waals surface area contributed by atoms with Gasteiger partial charge in [-0.3, -0.25) is 4.79 Å². The van der Waals surface area contributed by atoms with E-state index < -0.39 is 24.3 Å². The Morgan fingerprint density at radius 2 is 1.96 bits per heavy atom. The highest BCUT2D eigenvalue weighted by Gasteiger charge is 2.15. The maximum atomic E-state index is 13.7. The van der Waals surface area contributed by atoms with Gasteiger partial charge in [0.25, 0.3) is 5.91 Å². The van der Waals surface area contributed by atoms with Crippen molar-refractivity contribution in [2.75, 3.05) is 11.9 Å². The minimum absolute atomic E-state index is 0.216. The van der Waals surface area contributed by atoms with Crippen molar-refractivity contribution in [1.29, 1.82) is 0 Å². The molecule has 4 nitrogen and oxygen atoms in total. The van der Waals surface area contributed by atoms with Crippen molar-refractivity contribution in [2.45, 2.75) is 0 Å². The van der Waals surface area contributed by atoms with Gasteiger partial charge in [0.15, 0.2) is 6.61 Å². The first-order valence-electron chi connectivity index (χ1n) is 7.04. The van der Waals surface area contributed by atoms with E-state index in [0.29, 0.717) is 25.8 Å². The summed E-state index contributed by atoms with van der Waals surface area (Å²) in [6, 6.07) is 10.6. The van der Waals surface area contributed by atoms with Crippen LogP contribution in [-0.2, 0) is 9.53 Å². The first kappa shape index (κ1) is 17.7. The van der Waals surface area contributed by atoms with Crippen LogP contribution in [0.4, 0.5) is 10.1 Å². The molecule has 1 N–H and O–H groups in total. The highest BCUT2D eigenvalue weighted by molar-refractivity contribution is 7.20. The van der Waals surface area contributed by atoms with Gasteiger partial charge in [-0.1, -0.05) is 29.3 Å². The number of carbonyl (C=O) groups is 2. The average molecular weight is 398 g/mol. The number of hydrogen-bond donors (Lipinski definition) is 1. The lowest BCUT2D eigenvalue weighted by molar-refractivity contribution is -0.119. The zero-order valence-corrected chi connectivity index (χ0v) is 14.8. The molecule has 1 heterocycles. The van der Waals surface area contributed by atoms with Crippen LogP contribution in [0.1, 0.15) is 9.67 Å². The first-order chi connectivity index (χ1) is 11.9. The number of carbonyl (C=O) groups excluding carboxylic acids is 2. The SMILES string of the molecule is O=C(COC(=O)c1cc2c(F)cccc2s1)Nc1cc(Cl)ccc1Cl. The summed E-state index contributed by atoms with van der Waals surface area (Å²) in [4.78, 5) is 24.1. The van der Waals surface area contributed by atoms with Crippen LogP contribution in [0.25, 0.3) is 10.1 Å². The molecule has 1 aromatic heterocycles. The van der Waals surface area contributed by atoms with E-state index >= 15 is 0 Å². The fraction of sp³-hybridized carbons (Fsp3) is 0.0588. The van der Waals surface area contributed by atoms with Crippen molar-refractivity contribution >= 4 is 62.2 Å². The fourth-order valence-electron chi connectivity index (χ4n) is 2.11. The van der Waals surface area contributed by atoms with Gasteiger partial charge in [-0.25, -0.2) is 9.18 Å². The standard InChI is InChI=1S/C17H10Cl2FNO3S/c18-9-4-5-11(19)13(6-9)21-16(22)8-24-17(23)15-7-10-12(20)2-1-3-14(10)25-15/h1-7H,8H2,(H,21,22). The number of rotatable bonds is 4. The second-order valence-electron chi connectivity index (χ2n) is 5.01. The molecule has 0 aliphatic heterocycles. The number of halogens is 3. The number of fused-ring (bicyclic) bond motifs is 1. The summed E-state index contributed by atoms with van der Waals surface area (Å²) in [5, 5.41) is 3.56. The predicted octanol–water partition coefficient (Wildman–Crippen LogP) is 5.14. The molecule has 8 heteroatoms. The topological polar surface area (TPSA) is 55.4 Å². The normalized spacial score (nSPS) is 10.7. The molecule has 0 saturated carbocycles. The molecule has 0 bridgehead atoms. The summed E-state index contributed by atoms with van der Waals surface area (Å²) >= 11 is 12.9. The first-order valence-corrected chi connectivity index (χ1v) is 8.61. The molecule has 0 atom stereocenters. The molecule has 128 valence electrons. The van der Waals surface area contributed by atoms with Gasteiger partial charge >= 0.3 is 5.97 Å². The minimum Gasteiger partial charge on any atom is -0.451 e. The number of ether oxygens (including phenoxy) is 1. The van der Waals surface area contributed by atoms with Crippen LogP contribution < -0.4 is 5.32 Å². The smallest absolute Gasteiger partial charge is 0.348 e. The van der Waals surface area contributed by atoms with Crippen LogP contribution in [0, 0.1) is 5.82 Å². The maximum absolute atomic E-state index is 13.7. The van der Waals surface area contributed by atoms with Crippen LogP contribution in [0.3, 0.4) is 0 Å². The molecule has 3 rings (SSSR count). The molecule has 0 fully saturated rings. The van der Waals surface area contributed by atoms with Crippen LogP contribution in [0.2, 0.25) is 10.0 Å². The lowest BCUT2D eigenvalue weighted by Gasteiger charge is -2.08. The van der Waals surface area contributed by atoms with Gasteiger partial charge in [0.2, 0.25) is 0 Å². The molecule has 0 unspecified atom stereocenters. The van der Waals surface area contributed by atoms with E-state index in [1.165, 1.54) is 24.3 Å². The number of benzene rings is 2. The Morgan fingerprint density at radius 1 is 1.16 bits per heavy atom. The maximum Gasteiger partial charge on any atom is 0.348 e. The third-order valence-corrected chi connectivity index (χ3v) is 4.89. The van der Waals surface area contributed by atoms with Gasteiger partial charge in [-0.15, -0.1) is 11.3 Å². The van der Waals surface area contributed by atoms with Crippen LogP contribution in [0.15, 0.2) is 42.5 Å². The number of anilines is 1. The van der Waals surface area contributed by atoms with Gasteiger partial charge in [-0.2, -0.15) is 0 Å². The Hall–Kier alpha value is -2.15. The van der Waals surface area contributed by atoms with E-state index in [1.807, 2.05) is 0 Å². The van der Waals surface area contributed by atoms with Gasteiger partial charge in [0.1, 0.15) is 10.7 Å². The van der Waals surface area contributed by atoms with Crippen LogP contribution >= 0.6 is 34.5 Å². The summed E-state index contributed by atoms with van der Waals surface area (Å²) in [6.07, 6.45) is 0. The number of esters is 1. The zero-order valence-electron chi connectivity index (χ0n) is 12.5. The predicted molar refractivity (Wildman–Crippen MR) is 97.2 cm³/mol. The van der Waals surface area contributed by atoms with E-state index in [4.69, 9.17) is 27.9 Å². The van der Waals surface area contributed by atoms with Crippen molar-refractivity contribution in [1.82, 2.24) is 0 Å². The number of nitrogens with one attached hydrogen (secondary N) is 1. The molecule has 2 aromatic carbocycles. The van der Waals surface area contributed by atoms with Crippen molar-refractivity contribution in [3.8, 4) is 0 Å². The second-order valence-corrected chi connectivity index (χ2v) is 6.94. The van der Waals surface area contributed by atoms with Crippen molar-refractivity contribution < 1.29 is 18.7 Å². The third-order valence-electron chi connectivity index (χ3n) is 3.25. The molecule has 0 aliphatic carbocycles. The summed E-state index contributed by atoms with van der Waals surface area (Å²) in [5.41, 5.74) is 0.319. The monoisotopic (exact) mass is 397 g/mol. The van der Waals surface area contributed by atoms with Gasteiger partial charge in [0, 0.05) is 15.1 Å². The Balaban J connectivity index is 1.64. The lowest BCUT2D eigenvalue weighted by atomic mass is 10.2. The quantitative estimate of drug-likeness (QED) is 0.619. The number of thiophene rings is 1. The third kappa shape index (κ3) is 4.10. The van der Waals surface area contributed by atoms with E-state index in [9.17, 15) is 14.0 Å². The molecule has 0 saturated heterocycles. The van der Waals surface area contributed by atoms with Crippen molar-refractivity contribution in [3.05, 3.63) is 63.2 Å². The summed E-state index contributed by atoms with van der Waals surface area (Å²) < 4.78 is 19.2. The summed E-state index contributed by atoms with van der Waals surface area (Å²) in [6.45, 7) is -0.502. The minimum atomic E-state index is -0.701. The van der Waals surface area contributed by atoms with E-state index in [2.05, 4.69) is 5.32 Å². The van der Waals surface area contributed by atoms with E-state index in [-0.39, 0.29) is 4.88 Å². The lowest BCUT2D eigenvalue weighted by Crippen LogP contribution is -2.20. The van der Waals surface area contributed by atoms with E-state index in [1.54, 1.807) is 18.2 Å². The molecular weight excluding hydrogens is 388 g/mol. The highest BCUT2D eigenvalue weighted by Crippen LogP contribution is 2.28. The van der Waals surface area contributed by atoms with Crippen molar-refractivity contribution in [3.63, 3.8) is 0 Å². The Kier molecular flexibility index (Phi) is 5.22. The molecule has 0 aliphatic rings. The molecule has 1 amide bonds. The largest absolute Gasteiger partial charge is 0.451 e. The summed E-state index contributed by atoms with van der Waals surface area (Å²) in [7, 11) is 0. The molecule has 25 heavy (non-hydrogen) atoms. The molecule has 3 aromatic rings. The van der Waals surface area contributed by atoms with Gasteiger partial charge in [-0.05, 0) is 36.4 Å². The molecular formula is C17H10Cl2FNO3S. The highest BCUT2D eigenvalue weighted by atomic mass is 35.5. The Morgan fingerprint density at radius 3 is 2.72 bits per heavy atom. The Labute approximate surface area is 156 Å². The number of amides is 1. The van der Waals surface area contributed by atoms with Gasteiger partial charge in [0.05, 0.1) is 10.7 Å². The second kappa shape index (κ2) is 7.39. The van der Waals surface area contributed by atoms with Crippen molar-refractivity contribution in [2.24, 2.45) is 0 Å². The van der Waals surface area contributed by atoms with E-state index in [0.717, 1.165) is 11.3 Å². The fourth-order valence-corrected chi connectivity index (χ4v) is 3.41. The number of hydrogen-bond acceptors (Lipinski definition) is 4. The van der Waals surface area contributed by atoms with Gasteiger partial charge < -0.3 is 10.1 Å². The molecule has 0 radical (unpaired) electrons. The van der Waals surface area contributed by atoms with Crippen LogP contribution in [0.5, 0.6) is 0 Å². The summed E-state index contributed by atoms with van der Waals surface area (Å²) in [5.74, 6) is -1.68. The zero-order chi connectivity index (χ0) is 18.0. The van der Waals surface area contributed by atoms with Crippen LogP contribution in [-0.4, -0.2) is 18.5 Å². The average Bonchev–Trinajstić information content (AvgIpc) is 3.02. The Bertz CT molecular complexity index is 974. The molecule has 0 spiro atoms.